The van der Waals surface area contributed by atoms with Crippen LogP contribution in [0.4, 0.5) is 0 Å². The topological polar surface area (TPSA) is 161 Å². The number of carbonyl (C=O) groups excluding carboxylic acids is 2. The van der Waals surface area contributed by atoms with Crippen LogP contribution in [-0.2, 0) is 6.42 Å². The number of fused-ring (bicyclic) bond motifs is 7. The Morgan fingerprint density at radius 1 is 0.538 bits per heavy atom. The summed E-state index contributed by atoms with van der Waals surface area (Å²) < 4.78 is 0. The molecular weight excluding hydrogens is 496 g/mol. The highest BCUT2D eigenvalue weighted by atomic mass is 16.4. The first-order valence-corrected chi connectivity index (χ1v) is 12.0. The molecule has 0 atom stereocenters. The molecule has 0 aliphatic heterocycles. The summed E-state index contributed by atoms with van der Waals surface area (Å²) in [5.74, 6) is -5.59. The Labute approximate surface area is 221 Å². The van der Waals surface area contributed by atoms with E-state index in [1.165, 1.54) is 56.9 Å². The lowest BCUT2D eigenvalue weighted by Gasteiger charge is -2.15. The predicted molar refractivity (Wildman–Crippen MR) is 149 cm³/mol. The zero-order valence-corrected chi connectivity index (χ0v) is 20.5. The smallest absolute Gasteiger partial charge is 0.337 e. The number of primary amides is 2. The molecule has 0 heterocycles. The third-order valence-corrected chi connectivity index (χ3v) is 6.83. The van der Waals surface area contributed by atoms with Crippen molar-refractivity contribution in [2.75, 3.05) is 0 Å². The minimum absolute atomic E-state index is 0.0220. The molecular formula is C31H22N2O6. The molecule has 0 bridgehead atoms. The van der Waals surface area contributed by atoms with E-state index in [0.717, 1.165) is 6.42 Å². The molecule has 39 heavy (non-hydrogen) atoms. The first kappa shape index (κ1) is 25.2. The van der Waals surface area contributed by atoms with Gasteiger partial charge in [-0.3, -0.25) is 9.59 Å². The van der Waals surface area contributed by atoms with Crippen LogP contribution in [0.2, 0.25) is 0 Å². The number of carboxylic acid groups (broad SMARTS) is 2. The van der Waals surface area contributed by atoms with Crippen molar-refractivity contribution in [3.8, 4) is 0 Å². The van der Waals surface area contributed by atoms with Gasteiger partial charge in [0.15, 0.2) is 0 Å². The van der Waals surface area contributed by atoms with E-state index in [2.05, 4.69) is 60.7 Å². The zero-order chi connectivity index (χ0) is 27.8. The number of hydrogen-bond donors (Lipinski definition) is 4. The summed E-state index contributed by atoms with van der Waals surface area (Å²) in [7, 11) is 0. The SMILES string of the molecule is C1=Cc2c(c3ccccc3c3ccccc23)C1.NC(=O)c1c(C(=O)O)c(C(=O)O)c2ccccc2c1C(N)=O. The van der Waals surface area contributed by atoms with Crippen molar-refractivity contribution in [1.29, 1.82) is 0 Å². The van der Waals surface area contributed by atoms with Gasteiger partial charge in [0, 0.05) is 0 Å². The van der Waals surface area contributed by atoms with Gasteiger partial charge in [-0.2, -0.15) is 0 Å². The lowest BCUT2D eigenvalue weighted by atomic mass is 9.88. The molecule has 6 rings (SSSR count). The minimum atomic E-state index is -1.69. The normalized spacial score (nSPS) is 11.7. The van der Waals surface area contributed by atoms with Gasteiger partial charge in [0.2, 0.25) is 11.8 Å². The molecule has 8 heteroatoms. The summed E-state index contributed by atoms with van der Waals surface area (Å²) >= 11 is 0. The molecule has 0 saturated carbocycles. The number of aromatic carboxylic acids is 2. The van der Waals surface area contributed by atoms with E-state index >= 15 is 0 Å². The molecule has 5 aromatic carbocycles. The Hall–Kier alpha value is -5.50. The standard InChI is InChI=1S/C17H12.C14H10N2O6/c1-3-8-14-12(6-1)13-7-2-4-9-15(13)17-11-5-10-16(14)17;15-11(17)7-5-3-1-2-4-6(5)8(13(19)20)10(14(21)22)9(7)12(16)18/h1-10H,11H2;1-4H,(H2,15,17)(H2,16,18)(H,19,20)(H,21,22). The van der Waals surface area contributed by atoms with Gasteiger partial charge in [-0.05, 0) is 49.9 Å². The summed E-state index contributed by atoms with van der Waals surface area (Å²) in [6, 6.07) is 23.1. The second-order valence-corrected chi connectivity index (χ2v) is 8.97. The van der Waals surface area contributed by atoms with Crippen LogP contribution in [0, 0.1) is 0 Å². The third-order valence-electron chi connectivity index (χ3n) is 6.83. The number of benzene rings is 5. The molecule has 0 fully saturated rings. The number of rotatable bonds is 4. The number of carboxylic acids is 2. The van der Waals surface area contributed by atoms with E-state index in [1.807, 2.05) is 0 Å². The molecule has 8 nitrogen and oxygen atoms in total. The highest BCUT2D eigenvalue weighted by Gasteiger charge is 2.31. The van der Waals surface area contributed by atoms with Crippen LogP contribution >= 0.6 is 0 Å². The van der Waals surface area contributed by atoms with Crippen LogP contribution in [0.15, 0.2) is 78.9 Å². The number of carbonyl (C=O) groups is 4. The lowest BCUT2D eigenvalue weighted by molar-refractivity contribution is 0.0651. The third kappa shape index (κ3) is 4.14. The Morgan fingerprint density at radius 3 is 1.49 bits per heavy atom. The van der Waals surface area contributed by atoms with E-state index in [-0.39, 0.29) is 10.8 Å². The summed E-state index contributed by atoms with van der Waals surface area (Å²) in [6.07, 6.45) is 5.61. The van der Waals surface area contributed by atoms with Crippen molar-refractivity contribution in [3.63, 3.8) is 0 Å². The van der Waals surface area contributed by atoms with Crippen molar-refractivity contribution < 1.29 is 29.4 Å². The summed E-state index contributed by atoms with van der Waals surface area (Å²) in [5.41, 5.74) is 10.7. The van der Waals surface area contributed by atoms with Gasteiger partial charge >= 0.3 is 11.9 Å². The van der Waals surface area contributed by atoms with Crippen molar-refractivity contribution in [3.05, 3.63) is 112 Å². The average molecular weight is 519 g/mol. The van der Waals surface area contributed by atoms with Crippen LogP contribution < -0.4 is 11.5 Å². The van der Waals surface area contributed by atoms with Gasteiger partial charge in [0.25, 0.3) is 0 Å². The molecule has 5 aromatic rings. The molecule has 6 N–H and O–H groups in total. The highest BCUT2D eigenvalue weighted by Crippen LogP contribution is 2.36. The largest absolute Gasteiger partial charge is 0.478 e. The Kier molecular flexibility index (Phi) is 6.29. The van der Waals surface area contributed by atoms with Crippen molar-refractivity contribution in [2.45, 2.75) is 6.42 Å². The fourth-order valence-electron chi connectivity index (χ4n) is 5.32. The van der Waals surface area contributed by atoms with E-state index in [4.69, 9.17) is 11.5 Å². The van der Waals surface area contributed by atoms with Crippen molar-refractivity contribution in [1.82, 2.24) is 0 Å². The number of nitrogens with two attached hydrogens (primary N) is 2. The number of amides is 2. The molecule has 0 radical (unpaired) electrons. The maximum Gasteiger partial charge on any atom is 0.337 e. The minimum Gasteiger partial charge on any atom is -0.478 e. The van der Waals surface area contributed by atoms with Gasteiger partial charge in [0.05, 0.1) is 22.3 Å². The summed E-state index contributed by atoms with van der Waals surface area (Å²) in [6.45, 7) is 0. The fraction of sp³-hybridized carbons (Fsp3) is 0.0323. The van der Waals surface area contributed by atoms with E-state index in [9.17, 15) is 29.4 Å². The average Bonchev–Trinajstić information content (AvgIpc) is 3.42. The highest BCUT2D eigenvalue weighted by molar-refractivity contribution is 6.24. The monoisotopic (exact) mass is 518 g/mol. The Morgan fingerprint density at radius 2 is 0.974 bits per heavy atom. The number of hydrogen-bond acceptors (Lipinski definition) is 4. The Balaban J connectivity index is 0.000000162. The molecule has 0 unspecified atom stereocenters. The van der Waals surface area contributed by atoms with E-state index in [0.29, 0.717) is 0 Å². The van der Waals surface area contributed by atoms with Gasteiger partial charge in [-0.25, -0.2) is 9.59 Å². The van der Waals surface area contributed by atoms with Crippen LogP contribution in [0.3, 0.4) is 0 Å². The molecule has 192 valence electrons. The second kappa shape index (κ2) is 9.75. The van der Waals surface area contributed by atoms with Gasteiger partial charge < -0.3 is 21.7 Å². The maximum absolute atomic E-state index is 11.7. The van der Waals surface area contributed by atoms with Gasteiger partial charge in [0.1, 0.15) is 0 Å². The summed E-state index contributed by atoms with van der Waals surface area (Å²) in [5, 5.41) is 24.2. The van der Waals surface area contributed by atoms with Crippen LogP contribution in [-0.4, -0.2) is 34.0 Å². The lowest BCUT2D eigenvalue weighted by Crippen LogP contribution is -2.26. The molecule has 0 spiro atoms. The quantitative estimate of drug-likeness (QED) is 0.245. The van der Waals surface area contributed by atoms with E-state index in [1.54, 1.807) is 0 Å². The van der Waals surface area contributed by atoms with Crippen molar-refractivity contribution in [2.24, 2.45) is 11.5 Å². The summed E-state index contributed by atoms with van der Waals surface area (Å²) in [4.78, 5) is 46.2. The molecule has 1 aliphatic rings. The van der Waals surface area contributed by atoms with E-state index < -0.39 is 46.0 Å². The van der Waals surface area contributed by atoms with Gasteiger partial charge in [-0.15, -0.1) is 0 Å². The maximum atomic E-state index is 11.7. The zero-order valence-electron chi connectivity index (χ0n) is 20.5. The molecule has 0 aromatic heterocycles. The first-order chi connectivity index (χ1) is 18.7. The van der Waals surface area contributed by atoms with Crippen molar-refractivity contribution >= 4 is 62.1 Å². The van der Waals surface area contributed by atoms with Gasteiger partial charge in [-0.1, -0.05) is 84.9 Å². The number of allylic oxidation sites excluding steroid dienone is 1. The van der Waals surface area contributed by atoms with Crippen LogP contribution in [0.1, 0.15) is 52.6 Å². The first-order valence-electron chi connectivity index (χ1n) is 12.0. The molecule has 1 aliphatic carbocycles. The Bertz CT molecular complexity index is 1830. The predicted octanol–water partition coefficient (Wildman–Crippen LogP) is 5.00. The van der Waals surface area contributed by atoms with Crippen LogP contribution in [0.25, 0.3) is 38.4 Å². The van der Waals surface area contributed by atoms with Crippen LogP contribution in [0.5, 0.6) is 0 Å². The second-order valence-electron chi connectivity index (χ2n) is 8.97. The molecule has 0 saturated heterocycles. The molecule has 2 amide bonds. The fourth-order valence-corrected chi connectivity index (χ4v) is 5.32.